The van der Waals surface area contributed by atoms with Gasteiger partial charge in [-0.25, -0.2) is 4.98 Å². The van der Waals surface area contributed by atoms with Crippen molar-refractivity contribution in [3.05, 3.63) is 48.2 Å². The Morgan fingerprint density at radius 2 is 1.88 bits per heavy atom. The van der Waals surface area contributed by atoms with E-state index in [-0.39, 0.29) is 0 Å². The summed E-state index contributed by atoms with van der Waals surface area (Å²) in [5.41, 5.74) is 3.01. The third kappa shape index (κ3) is 3.61. The Kier molecular flexibility index (Phi) is 4.30. The van der Waals surface area contributed by atoms with E-state index in [1.54, 1.807) is 12.3 Å². The zero-order valence-electron chi connectivity index (χ0n) is 14.0. The van der Waals surface area contributed by atoms with E-state index in [1.807, 2.05) is 18.2 Å². The molecule has 0 unspecified atom stereocenters. The molecule has 128 valence electrons. The predicted molar refractivity (Wildman–Crippen MR) is 95.0 cm³/mol. The molecule has 25 heavy (non-hydrogen) atoms. The third-order valence-electron chi connectivity index (χ3n) is 4.05. The van der Waals surface area contributed by atoms with Crippen LogP contribution >= 0.6 is 0 Å². The number of benzene rings is 1. The van der Waals surface area contributed by atoms with E-state index in [0.717, 1.165) is 24.3 Å². The Morgan fingerprint density at radius 1 is 1.08 bits per heavy atom. The van der Waals surface area contributed by atoms with Gasteiger partial charge in [0.15, 0.2) is 0 Å². The fourth-order valence-corrected chi connectivity index (χ4v) is 2.65. The van der Waals surface area contributed by atoms with Gasteiger partial charge in [0.2, 0.25) is 11.8 Å². The molecule has 1 saturated heterocycles. The summed E-state index contributed by atoms with van der Waals surface area (Å²) in [4.78, 5) is 11.0. The first kappa shape index (κ1) is 15.6. The van der Waals surface area contributed by atoms with Crippen LogP contribution in [0, 0.1) is 6.92 Å². The van der Waals surface area contributed by atoms with Gasteiger partial charge in [-0.1, -0.05) is 35.0 Å². The van der Waals surface area contributed by atoms with Crippen LogP contribution in [-0.2, 0) is 4.74 Å². The number of aromatic nitrogens is 3. The van der Waals surface area contributed by atoms with E-state index in [2.05, 4.69) is 44.4 Å². The van der Waals surface area contributed by atoms with Crippen LogP contribution in [-0.4, -0.2) is 41.4 Å². The normalized spacial score (nSPS) is 14.5. The molecule has 1 aliphatic rings. The predicted octanol–water partition coefficient (Wildman–Crippen LogP) is 3.02. The van der Waals surface area contributed by atoms with Crippen molar-refractivity contribution in [1.82, 2.24) is 15.1 Å². The minimum atomic E-state index is 0.544. The minimum absolute atomic E-state index is 0.544. The zero-order valence-corrected chi connectivity index (χ0v) is 14.0. The van der Waals surface area contributed by atoms with Crippen LogP contribution in [0.4, 0.5) is 17.7 Å². The lowest BCUT2D eigenvalue weighted by molar-refractivity contribution is 0.122. The minimum Gasteiger partial charge on any atom is -0.378 e. The summed E-state index contributed by atoms with van der Waals surface area (Å²) < 4.78 is 10.7. The molecule has 1 N–H and O–H groups in total. The number of morpholine rings is 1. The number of rotatable bonds is 4. The van der Waals surface area contributed by atoms with E-state index in [1.165, 1.54) is 5.56 Å². The van der Waals surface area contributed by atoms with Crippen molar-refractivity contribution < 1.29 is 9.26 Å². The van der Waals surface area contributed by atoms with Crippen molar-refractivity contribution in [3.63, 3.8) is 0 Å². The second-order valence-corrected chi connectivity index (χ2v) is 5.91. The van der Waals surface area contributed by atoms with E-state index < -0.39 is 0 Å². The summed E-state index contributed by atoms with van der Waals surface area (Å²) >= 11 is 0. The molecule has 1 aliphatic heterocycles. The third-order valence-corrected chi connectivity index (χ3v) is 4.05. The fourth-order valence-electron chi connectivity index (χ4n) is 2.65. The van der Waals surface area contributed by atoms with Crippen molar-refractivity contribution in [2.24, 2.45) is 0 Å². The number of hydrogen-bond acceptors (Lipinski definition) is 7. The van der Waals surface area contributed by atoms with E-state index in [0.29, 0.717) is 30.9 Å². The van der Waals surface area contributed by atoms with Gasteiger partial charge in [0.1, 0.15) is 11.5 Å². The summed E-state index contributed by atoms with van der Waals surface area (Å²) in [6, 6.07) is 11.8. The van der Waals surface area contributed by atoms with Crippen molar-refractivity contribution in [2.45, 2.75) is 6.92 Å². The van der Waals surface area contributed by atoms with Crippen LogP contribution in [0.15, 0.2) is 47.1 Å². The summed E-state index contributed by atoms with van der Waals surface area (Å²) in [5.74, 6) is 1.90. The van der Waals surface area contributed by atoms with Gasteiger partial charge >= 0.3 is 0 Å². The first-order valence-electron chi connectivity index (χ1n) is 8.24. The Labute approximate surface area is 145 Å². The molecule has 7 heteroatoms. The molecule has 1 aromatic carbocycles. The van der Waals surface area contributed by atoms with Crippen molar-refractivity contribution >= 4 is 17.7 Å². The number of nitrogens with zero attached hydrogens (tertiary/aromatic N) is 4. The average Bonchev–Trinajstić information content (AvgIpc) is 3.12. The highest BCUT2D eigenvalue weighted by Gasteiger charge is 2.14. The SMILES string of the molecule is Cc1ccc(-c2cc(Nc3ccnc(N4CCOCC4)n3)on2)cc1. The second kappa shape index (κ2) is 6.90. The lowest BCUT2D eigenvalue weighted by Gasteiger charge is -2.26. The molecule has 3 aromatic rings. The number of ether oxygens (including phenoxy) is 1. The van der Waals surface area contributed by atoms with Crippen LogP contribution in [0.25, 0.3) is 11.3 Å². The molecule has 0 aliphatic carbocycles. The molecule has 0 bridgehead atoms. The highest BCUT2D eigenvalue weighted by molar-refractivity contribution is 5.64. The van der Waals surface area contributed by atoms with Gasteiger partial charge in [0.25, 0.3) is 0 Å². The van der Waals surface area contributed by atoms with Crippen molar-refractivity contribution in [1.29, 1.82) is 0 Å². The molecule has 0 spiro atoms. The molecule has 0 amide bonds. The number of nitrogens with one attached hydrogen (secondary N) is 1. The molecule has 4 rings (SSSR count). The molecule has 1 fully saturated rings. The highest BCUT2D eigenvalue weighted by atomic mass is 16.5. The number of aryl methyl sites for hydroxylation is 1. The first-order chi connectivity index (χ1) is 12.3. The van der Waals surface area contributed by atoms with Crippen LogP contribution in [0.3, 0.4) is 0 Å². The molecule has 0 atom stereocenters. The maximum Gasteiger partial charge on any atom is 0.230 e. The van der Waals surface area contributed by atoms with Crippen LogP contribution in [0.5, 0.6) is 0 Å². The molecular weight excluding hydrogens is 318 g/mol. The first-order valence-corrected chi connectivity index (χ1v) is 8.24. The molecule has 3 heterocycles. The Morgan fingerprint density at radius 3 is 2.68 bits per heavy atom. The van der Waals surface area contributed by atoms with Gasteiger partial charge in [-0.2, -0.15) is 4.98 Å². The Bertz CT molecular complexity index is 841. The Hall–Kier alpha value is -2.93. The summed E-state index contributed by atoms with van der Waals surface area (Å²) in [6.07, 6.45) is 1.73. The molecule has 0 radical (unpaired) electrons. The highest BCUT2D eigenvalue weighted by Crippen LogP contribution is 2.24. The van der Waals surface area contributed by atoms with E-state index in [9.17, 15) is 0 Å². The lowest BCUT2D eigenvalue weighted by atomic mass is 10.1. The van der Waals surface area contributed by atoms with Crippen molar-refractivity contribution in [2.75, 3.05) is 36.5 Å². The van der Waals surface area contributed by atoms with E-state index in [4.69, 9.17) is 9.26 Å². The Balaban J connectivity index is 1.50. The largest absolute Gasteiger partial charge is 0.378 e. The zero-order chi connectivity index (χ0) is 17.1. The van der Waals surface area contributed by atoms with Gasteiger partial charge in [0, 0.05) is 30.9 Å². The van der Waals surface area contributed by atoms with Gasteiger partial charge < -0.3 is 19.5 Å². The van der Waals surface area contributed by atoms with Crippen LogP contribution in [0.1, 0.15) is 5.56 Å². The maximum atomic E-state index is 5.38. The standard InChI is InChI=1S/C18H19N5O2/c1-13-2-4-14(5-3-13)15-12-17(25-22-15)20-16-6-7-19-18(21-16)23-8-10-24-11-9-23/h2-7,12H,8-11H2,1H3,(H,19,20,21). The smallest absolute Gasteiger partial charge is 0.230 e. The summed E-state index contributed by atoms with van der Waals surface area (Å²) in [5, 5.41) is 7.26. The lowest BCUT2D eigenvalue weighted by Crippen LogP contribution is -2.37. The van der Waals surface area contributed by atoms with Crippen molar-refractivity contribution in [3.8, 4) is 11.3 Å². The number of anilines is 3. The van der Waals surface area contributed by atoms with Gasteiger partial charge in [-0.3, -0.25) is 0 Å². The maximum absolute atomic E-state index is 5.38. The second-order valence-electron chi connectivity index (χ2n) is 5.91. The van der Waals surface area contributed by atoms with Crippen LogP contribution in [0.2, 0.25) is 0 Å². The monoisotopic (exact) mass is 337 g/mol. The van der Waals surface area contributed by atoms with Gasteiger partial charge in [-0.05, 0) is 13.0 Å². The van der Waals surface area contributed by atoms with Gasteiger partial charge in [0.05, 0.1) is 13.2 Å². The molecule has 7 nitrogen and oxygen atoms in total. The fraction of sp³-hybridized carbons (Fsp3) is 0.278. The summed E-state index contributed by atoms with van der Waals surface area (Å²) in [7, 11) is 0. The number of hydrogen-bond donors (Lipinski definition) is 1. The van der Waals surface area contributed by atoms with Gasteiger partial charge in [-0.15, -0.1) is 0 Å². The van der Waals surface area contributed by atoms with Crippen LogP contribution < -0.4 is 10.2 Å². The quantitative estimate of drug-likeness (QED) is 0.784. The average molecular weight is 337 g/mol. The van der Waals surface area contributed by atoms with E-state index >= 15 is 0 Å². The molecule has 2 aromatic heterocycles. The topological polar surface area (TPSA) is 76.3 Å². The molecule has 0 saturated carbocycles. The molecular formula is C18H19N5O2. The summed E-state index contributed by atoms with van der Waals surface area (Å²) in [6.45, 7) is 5.04.